The van der Waals surface area contributed by atoms with Crippen LogP contribution >= 0.6 is 11.6 Å². The third-order valence-electron chi connectivity index (χ3n) is 3.30. The monoisotopic (exact) mass is 239 g/mol. The van der Waals surface area contributed by atoms with Gasteiger partial charge in [-0.3, -0.25) is 0 Å². The van der Waals surface area contributed by atoms with E-state index in [4.69, 9.17) is 16.3 Å². The van der Waals surface area contributed by atoms with Gasteiger partial charge in [0.2, 0.25) is 0 Å². The highest BCUT2D eigenvalue weighted by molar-refractivity contribution is 6.31. The van der Waals surface area contributed by atoms with Gasteiger partial charge in [0.1, 0.15) is 0 Å². The number of hydrogen-bond acceptors (Lipinski definition) is 2. The zero-order chi connectivity index (χ0) is 11.4. The molecule has 88 valence electrons. The van der Waals surface area contributed by atoms with Crippen molar-refractivity contribution in [1.29, 1.82) is 0 Å². The molecule has 1 aliphatic heterocycles. The number of likely N-dealkylation sites (N-methyl/N-ethyl adjacent to an activating group) is 1. The Morgan fingerprint density at radius 1 is 1.50 bits per heavy atom. The second-order valence-corrected chi connectivity index (χ2v) is 4.72. The Labute approximate surface area is 102 Å². The molecule has 0 radical (unpaired) electrons. The molecule has 1 aromatic carbocycles. The molecule has 2 atom stereocenters. The number of halogens is 1. The molecular weight excluding hydrogens is 222 g/mol. The van der Waals surface area contributed by atoms with Gasteiger partial charge in [-0.25, -0.2) is 0 Å². The zero-order valence-electron chi connectivity index (χ0n) is 9.58. The molecular formula is C13H18ClNO. The Morgan fingerprint density at radius 3 is 2.94 bits per heavy atom. The minimum Gasteiger partial charge on any atom is -0.381 e. The minimum absolute atomic E-state index is 0.461. The molecule has 0 spiro atoms. The summed E-state index contributed by atoms with van der Waals surface area (Å²) in [6.07, 6.45) is 2.13. The van der Waals surface area contributed by atoms with Gasteiger partial charge in [0.15, 0.2) is 0 Å². The molecule has 16 heavy (non-hydrogen) atoms. The largest absolute Gasteiger partial charge is 0.381 e. The van der Waals surface area contributed by atoms with Crippen LogP contribution in [0.1, 0.15) is 12.0 Å². The van der Waals surface area contributed by atoms with Crippen LogP contribution in [-0.2, 0) is 11.2 Å². The molecule has 1 aromatic rings. The van der Waals surface area contributed by atoms with E-state index in [2.05, 4.69) is 11.4 Å². The Hall–Kier alpha value is -0.570. The van der Waals surface area contributed by atoms with Gasteiger partial charge in [0.25, 0.3) is 0 Å². The minimum atomic E-state index is 0.461. The summed E-state index contributed by atoms with van der Waals surface area (Å²) in [6, 6.07) is 8.53. The van der Waals surface area contributed by atoms with Gasteiger partial charge in [0, 0.05) is 23.6 Å². The van der Waals surface area contributed by atoms with Gasteiger partial charge in [-0.1, -0.05) is 29.8 Å². The predicted molar refractivity (Wildman–Crippen MR) is 66.9 cm³/mol. The zero-order valence-corrected chi connectivity index (χ0v) is 10.3. The van der Waals surface area contributed by atoms with Gasteiger partial charge >= 0.3 is 0 Å². The van der Waals surface area contributed by atoms with Crippen LogP contribution in [0.25, 0.3) is 0 Å². The normalized spacial score (nSPS) is 22.2. The summed E-state index contributed by atoms with van der Waals surface area (Å²) in [5, 5.41) is 4.24. The first-order valence-electron chi connectivity index (χ1n) is 5.79. The summed E-state index contributed by atoms with van der Waals surface area (Å²) in [5.41, 5.74) is 1.22. The van der Waals surface area contributed by atoms with Crippen molar-refractivity contribution in [2.75, 3.05) is 20.3 Å². The smallest absolute Gasteiger partial charge is 0.0510 e. The van der Waals surface area contributed by atoms with E-state index in [0.29, 0.717) is 12.0 Å². The predicted octanol–water partition coefficient (Wildman–Crippen LogP) is 2.51. The highest BCUT2D eigenvalue weighted by Gasteiger charge is 2.24. The molecule has 0 bridgehead atoms. The first-order chi connectivity index (χ1) is 7.81. The quantitative estimate of drug-likeness (QED) is 0.872. The summed E-state index contributed by atoms with van der Waals surface area (Å²) < 4.78 is 5.43. The molecule has 0 amide bonds. The summed E-state index contributed by atoms with van der Waals surface area (Å²) in [5.74, 6) is 0.612. The standard InChI is InChI=1S/C13H18ClNO/c1-15-13(11-6-7-16-9-11)8-10-4-2-3-5-12(10)14/h2-5,11,13,15H,6-9H2,1H3. The number of benzene rings is 1. The van der Waals surface area contributed by atoms with Crippen LogP contribution in [0.4, 0.5) is 0 Å². The van der Waals surface area contributed by atoms with Crippen LogP contribution < -0.4 is 5.32 Å². The van der Waals surface area contributed by atoms with Crippen molar-refractivity contribution in [2.45, 2.75) is 18.9 Å². The lowest BCUT2D eigenvalue weighted by Crippen LogP contribution is -2.36. The Bertz CT molecular complexity index is 336. The van der Waals surface area contributed by atoms with E-state index < -0.39 is 0 Å². The molecule has 1 fully saturated rings. The molecule has 2 unspecified atom stereocenters. The third-order valence-corrected chi connectivity index (χ3v) is 3.67. The average molecular weight is 240 g/mol. The summed E-state index contributed by atoms with van der Waals surface area (Å²) in [6.45, 7) is 1.77. The maximum absolute atomic E-state index is 6.17. The van der Waals surface area contributed by atoms with Crippen LogP contribution in [0.3, 0.4) is 0 Å². The molecule has 0 saturated carbocycles. The fraction of sp³-hybridized carbons (Fsp3) is 0.538. The van der Waals surface area contributed by atoms with Crippen molar-refractivity contribution in [3.05, 3.63) is 34.9 Å². The van der Waals surface area contributed by atoms with Gasteiger partial charge < -0.3 is 10.1 Å². The maximum atomic E-state index is 6.17. The second-order valence-electron chi connectivity index (χ2n) is 4.31. The van der Waals surface area contributed by atoms with Crippen LogP contribution in [0.2, 0.25) is 5.02 Å². The van der Waals surface area contributed by atoms with Gasteiger partial charge in [-0.2, -0.15) is 0 Å². The van der Waals surface area contributed by atoms with Crippen molar-refractivity contribution in [2.24, 2.45) is 5.92 Å². The van der Waals surface area contributed by atoms with E-state index in [0.717, 1.165) is 31.1 Å². The van der Waals surface area contributed by atoms with Crippen LogP contribution in [0, 0.1) is 5.92 Å². The van der Waals surface area contributed by atoms with Crippen molar-refractivity contribution >= 4 is 11.6 Å². The first kappa shape index (κ1) is 11.9. The lowest BCUT2D eigenvalue weighted by Gasteiger charge is -2.22. The average Bonchev–Trinajstić information content (AvgIpc) is 2.81. The SMILES string of the molecule is CNC(Cc1ccccc1Cl)C1CCOC1. The van der Waals surface area contributed by atoms with E-state index >= 15 is 0 Å². The summed E-state index contributed by atoms with van der Waals surface area (Å²) in [7, 11) is 2.01. The highest BCUT2D eigenvalue weighted by Crippen LogP contribution is 2.23. The maximum Gasteiger partial charge on any atom is 0.0510 e. The lowest BCUT2D eigenvalue weighted by atomic mass is 9.93. The van der Waals surface area contributed by atoms with E-state index in [9.17, 15) is 0 Å². The Balaban J connectivity index is 2.03. The van der Waals surface area contributed by atoms with Crippen molar-refractivity contribution in [1.82, 2.24) is 5.32 Å². The van der Waals surface area contributed by atoms with Gasteiger partial charge in [-0.15, -0.1) is 0 Å². The number of nitrogens with one attached hydrogen (secondary N) is 1. The van der Waals surface area contributed by atoms with E-state index in [1.54, 1.807) is 0 Å². The Kier molecular flexibility index (Phi) is 4.22. The number of rotatable bonds is 4. The van der Waals surface area contributed by atoms with Crippen LogP contribution in [0.5, 0.6) is 0 Å². The molecule has 3 heteroatoms. The molecule has 1 heterocycles. The molecule has 2 nitrogen and oxygen atoms in total. The van der Waals surface area contributed by atoms with Crippen molar-refractivity contribution < 1.29 is 4.74 Å². The fourth-order valence-corrected chi connectivity index (χ4v) is 2.49. The summed E-state index contributed by atoms with van der Waals surface area (Å²) in [4.78, 5) is 0. The van der Waals surface area contributed by atoms with Gasteiger partial charge in [0.05, 0.1) is 6.61 Å². The summed E-state index contributed by atoms with van der Waals surface area (Å²) >= 11 is 6.17. The number of hydrogen-bond donors (Lipinski definition) is 1. The van der Waals surface area contributed by atoms with Crippen LogP contribution in [-0.4, -0.2) is 26.3 Å². The van der Waals surface area contributed by atoms with E-state index in [1.165, 1.54) is 5.56 Å². The molecule has 0 aliphatic carbocycles. The van der Waals surface area contributed by atoms with Crippen molar-refractivity contribution in [3.8, 4) is 0 Å². The molecule has 0 aromatic heterocycles. The number of ether oxygens (including phenoxy) is 1. The van der Waals surface area contributed by atoms with E-state index in [1.807, 2.05) is 25.2 Å². The van der Waals surface area contributed by atoms with E-state index in [-0.39, 0.29) is 0 Å². The molecule has 1 saturated heterocycles. The molecule has 1 N–H and O–H groups in total. The van der Waals surface area contributed by atoms with Crippen LogP contribution in [0.15, 0.2) is 24.3 Å². The molecule has 2 rings (SSSR count). The first-order valence-corrected chi connectivity index (χ1v) is 6.17. The molecule has 1 aliphatic rings. The third kappa shape index (κ3) is 2.76. The second kappa shape index (κ2) is 5.67. The fourth-order valence-electron chi connectivity index (χ4n) is 2.28. The highest BCUT2D eigenvalue weighted by atomic mass is 35.5. The van der Waals surface area contributed by atoms with Crippen molar-refractivity contribution in [3.63, 3.8) is 0 Å². The van der Waals surface area contributed by atoms with Gasteiger partial charge in [-0.05, 0) is 31.5 Å². The topological polar surface area (TPSA) is 21.3 Å². The lowest BCUT2D eigenvalue weighted by molar-refractivity contribution is 0.177. The Morgan fingerprint density at radius 2 is 2.31 bits per heavy atom.